The standard InChI is InChI=1S/C21H32N4O3/c1-16(2)25(3)14-19(26)15-28-21-11-17(5-6-20(21)27-4)12-22-8-7-18-13-23-9-10-24-18/h5-6,9-11,13,16,19,22,26H,7-8,12,14-15H2,1-4H3/t19-/m1/s1. The average Bonchev–Trinajstić information content (AvgIpc) is 2.70. The quantitative estimate of drug-likeness (QED) is 0.538. The minimum absolute atomic E-state index is 0.219. The van der Waals surface area contributed by atoms with Gasteiger partial charge in [0.25, 0.3) is 0 Å². The van der Waals surface area contributed by atoms with Crippen molar-refractivity contribution in [2.45, 2.75) is 39.0 Å². The van der Waals surface area contributed by atoms with Gasteiger partial charge in [-0.25, -0.2) is 0 Å². The first-order chi connectivity index (χ1) is 13.5. The normalized spacial score (nSPS) is 12.4. The Kier molecular flexibility index (Phi) is 9.13. The lowest BCUT2D eigenvalue weighted by molar-refractivity contribution is 0.0668. The molecule has 0 amide bonds. The molecule has 7 heteroatoms. The van der Waals surface area contributed by atoms with E-state index in [4.69, 9.17) is 9.47 Å². The maximum absolute atomic E-state index is 10.2. The van der Waals surface area contributed by atoms with Crippen LogP contribution in [0.2, 0.25) is 0 Å². The first-order valence-corrected chi connectivity index (χ1v) is 9.63. The van der Waals surface area contributed by atoms with Crippen LogP contribution in [0.5, 0.6) is 11.5 Å². The van der Waals surface area contributed by atoms with Crippen LogP contribution in [0.4, 0.5) is 0 Å². The van der Waals surface area contributed by atoms with E-state index in [-0.39, 0.29) is 6.61 Å². The molecule has 0 unspecified atom stereocenters. The number of likely N-dealkylation sites (N-methyl/N-ethyl adjacent to an activating group) is 1. The molecule has 0 aliphatic heterocycles. The van der Waals surface area contributed by atoms with Crippen LogP contribution in [0, 0.1) is 0 Å². The van der Waals surface area contributed by atoms with Crippen molar-refractivity contribution in [2.24, 2.45) is 0 Å². The Balaban J connectivity index is 1.84. The maximum atomic E-state index is 10.2. The van der Waals surface area contributed by atoms with E-state index in [1.54, 1.807) is 25.7 Å². The molecule has 2 rings (SSSR count). The minimum Gasteiger partial charge on any atom is -0.493 e. The van der Waals surface area contributed by atoms with Crippen LogP contribution in [0.15, 0.2) is 36.8 Å². The molecule has 0 saturated carbocycles. The molecule has 0 radical (unpaired) electrons. The smallest absolute Gasteiger partial charge is 0.161 e. The van der Waals surface area contributed by atoms with Gasteiger partial charge in [0.2, 0.25) is 0 Å². The van der Waals surface area contributed by atoms with Gasteiger partial charge < -0.3 is 24.8 Å². The second-order valence-corrected chi connectivity index (χ2v) is 7.11. The molecule has 2 aromatic rings. The number of aromatic nitrogens is 2. The van der Waals surface area contributed by atoms with Crippen molar-refractivity contribution in [1.82, 2.24) is 20.2 Å². The molecule has 154 valence electrons. The first-order valence-electron chi connectivity index (χ1n) is 9.63. The van der Waals surface area contributed by atoms with E-state index in [0.29, 0.717) is 30.6 Å². The average molecular weight is 389 g/mol. The highest BCUT2D eigenvalue weighted by Gasteiger charge is 2.13. The molecule has 1 heterocycles. The Morgan fingerprint density at radius 2 is 2.04 bits per heavy atom. The summed E-state index contributed by atoms with van der Waals surface area (Å²) in [7, 11) is 3.60. The van der Waals surface area contributed by atoms with Gasteiger partial charge in [-0.2, -0.15) is 0 Å². The lowest BCUT2D eigenvalue weighted by atomic mass is 10.2. The summed E-state index contributed by atoms with van der Waals surface area (Å²) in [6.45, 7) is 6.48. The van der Waals surface area contributed by atoms with Crippen molar-refractivity contribution in [1.29, 1.82) is 0 Å². The van der Waals surface area contributed by atoms with Crippen LogP contribution in [0.1, 0.15) is 25.1 Å². The Hall–Kier alpha value is -2.22. The number of ether oxygens (including phenoxy) is 2. The van der Waals surface area contributed by atoms with E-state index >= 15 is 0 Å². The van der Waals surface area contributed by atoms with Gasteiger partial charge in [0.1, 0.15) is 12.7 Å². The van der Waals surface area contributed by atoms with Crippen LogP contribution >= 0.6 is 0 Å². The van der Waals surface area contributed by atoms with Crippen LogP contribution < -0.4 is 14.8 Å². The Labute approximate surface area is 167 Å². The Bertz CT molecular complexity index is 697. The zero-order chi connectivity index (χ0) is 20.4. The molecule has 1 aromatic carbocycles. The molecule has 28 heavy (non-hydrogen) atoms. The van der Waals surface area contributed by atoms with Crippen molar-refractivity contribution in [3.63, 3.8) is 0 Å². The topological polar surface area (TPSA) is 79.7 Å². The van der Waals surface area contributed by atoms with Gasteiger partial charge in [0, 0.05) is 50.7 Å². The maximum Gasteiger partial charge on any atom is 0.161 e. The van der Waals surface area contributed by atoms with Gasteiger partial charge in [0.15, 0.2) is 11.5 Å². The van der Waals surface area contributed by atoms with E-state index in [1.807, 2.05) is 25.2 Å². The van der Waals surface area contributed by atoms with Crippen molar-refractivity contribution < 1.29 is 14.6 Å². The van der Waals surface area contributed by atoms with Crippen LogP contribution in [-0.2, 0) is 13.0 Å². The Morgan fingerprint density at radius 1 is 1.21 bits per heavy atom. The van der Waals surface area contributed by atoms with E-state index in [9.17, 15) is 5.11 Å². The number of methoxy groups -OCH3 is 1. The molecule has 0 aliphatic rings. The minimum atomic E-state index is -0.564. The number of benzene rings is 1. The van der Waals surface area contributed by atoms with Crippen molar-refractivity contribution >= 4 is 0 Å². The highest BCUT2D eigenvalue weighted by atomic mass is 16.5. The fourth-order valence-electron chi connectivity index (χ4n) is 2.63. The molecule has 2 N–H and O–H groups in total. The second-order valence-electron chi connectivity index (χ2n) is 7.11. The predicted octanol–water partition coefficient (Wildman–Crippen LogP) is 1.90. The number of nitrogens with one attached hydrogen (secondary N) is 1. The molecule has 0 saturated heterocycles. The van der Waals surface area contributed by atoms with Crippen LogP contribution in [0.25, 0.3) is 0 Å². The highest BCUT2D eigenvalue weighted by molar-refractivity contribution is 5.43. The lowest BCUT2D eigenvalue weighted by Crippen LogP contribution is -2.37. The molecule has 0 spiro atoms. The number of aliphatic hydroxyl groups is 1. The molecule has 0 aliphatic carbocycles. The Morgan fingerprint density at radius 3 is 2.71 bits per heavy atom. The summed E-state index contributed by atoms with van der Waals surface area (Å²) >= 11 is 0. The number of hydrogen-bond donors (Lipinski definition) is 2. The summed E-state index contributed by atoms with van der Waals surface area (Å²) in [4.78, 5) is 10.4. The van der Waals surface area contributed by atoms with Gasteiger partial charge >= 0.3 is 0 Å². The lowest BCUT2D eigenvalue weighted by Gasteiger charge is -2.24. The van der Waals surface area contributed by atoms with Gasteiger partial charge in [0.05, 0.1) is 12.8 Å². The van der Waals surface area contributed by atoms with Gasteiger partial charge in [-0.1, -0.05) is 6.07 Å². The van der Waals surface area contributed by atoms with Gasteiger partial charge in [-0.3, -0.25) is 9.97 Å². The first kappa shape index (κ1) is 22.1. The summed E-state index contributed by atoms with van der Waals surface area (Å²) in [6.07, 6.45) is 5.42. The third kappa shape index (κ3) is 7.42. The summed E-state index contributed by atoms with van der Waals surface area (Å²) in [5.41, 5.74) is 2.05. The molecule has 1 atom stereocenters. The summed E-state index contributed by atoms with van der Waals surface area (Å²) < 4.78 is 11.2. The van der Waals surface area contributed by atoms with Crippen molar-refractivity contribution in [3.05, 3.63) is 48.0 Å². The van der Waals surface area contributed by atoms with E-state index < -0.39 is 6.10 Å². The van der Waals surface area contributed by atoms with Crippen LogP contribution in [-0.4, -0.2) is 66.0 Å². The molecule has 0 fully saturated rings. The van der Waals surface area contributed by atoms with Crippen LogP contribution in [0.3, 0.4) is 0 Å². The SMILES string of the molecule is COc1ccc(CNCCc2cnccn2)cc1OC[C@H](O)CN(C)C(C)C. The van der Waals surface area contributed by atoms with E-state index in [1.165, 1.54) is 0 Å². The monoisotopic (exact) mass is 388 g/mol. The summed E-state index contributed by atoms with van der Waals surface area (Å²) in [5, 5.41) is 13.6. The predicted molar refractivity (Wildman–Crippen MR) is 110 cm³/mol. The number of aliphatic hydroxyl groups excluding tert-OH is 1. The zero-order valence-corrected chi connectivity index (χ0v) is 17.3. The molecular weight excluding hydrogens is 356 g/mol. The van der Waals surface area contributed by atoms with Crippen molar-refractivity contribution in [3.8, 4) is 11.5 Å². The fraction of sp³-hybridized carbons (Fsp3) is 0.524. The largest absolute Gasteiger partial charge is 0.493 e. The summed E-state index contributed by atoms with van der Waals surface area (Å²) in [6, 6.07) is 6.22. The van der Waals surface area contributed by atoms with Gasteiger partial charge in [-0.05, 0) is 38.6 Å². The molecule has 0 bridgehead atoms. The van der Waals surface area contributed by atoms with Gasteiger partial charge in [-0.15, -0.1) is 0 Å². The highest BCUT2D eigenvalue weighted by Crippen LogP contribution is 2.28. The second kappa shape index (κ2) is 11.6. The third-order valence-electron chi connectivity index (χ3n) is 4.54. The third-order valence-corrected chi connectivity index (χ3v) is 4.54. The molecular formula is C21H32N4O3. The number of nitrogens with zero attached hydrogens (tertiary/aromatic N) is 3. The van der Waals surface area contributed by atoms with E-state index in [2.05, 4.69) is 34.0 Å². The number of rotatable bonds is 12. The van der Waals surface area contributed by atoms with Crippen molar-refractivity contribution in [2.75, 3.05) is 33.9 Å². The summed E-state index contributed by atoms with van der Waals surface area (Å²) in [5.74, 6) is 1.30. The fourth-order valence-corrected chi connectivity index (χ4v) is 2.63. The number of hydrogen-bond acceptors (Lipinski definition) is 7. The molecule has 1 aromatic heterocycles. The molecule has 7 nitrogen and oxygen atoms in total. The zero-order valence-electron chi connectivity index (χ0n) is 17.3. The van der Waals surface area contributed by atoms with E-state index in [0.717, 1.165) is 24.2 Å².